The lowest BCUT2D eigenvalue weighted by molar-refractivity contribution is 0.601. The van der Waals surface area contributed by atoms with Crippen LogP contribution in [-0.4, -0.2) is 8.42 Å². The largest absolute Gasteiger partial charge is 0.279 e. The molecule has 2 aromatic rings. The number of nitrogens with one attached hydrogen (secondary N) is 1. The molecule has 0 radical (unpaired) electrons. The monoisotopic (exact) mass is 317 g/mol. The van der Waals surface area contributed by atoms with Crippen LogP contribution in [-0.2, 0) is 10.0 Å². The molecule has 1 unspecified atom stereocenters. The van der Waals surface area contributed by atoms with E-state index in [9.17, 15) is 8.42 Å². The van der Waals surface area contributed by atoms with Crippen molar-refractivity contribution in [3.63, 3.8) is 0 Å². The van der Waals surface area contributed by atoms with Crippen molar-refractivity contribution >= 4 is 15.7 Å². The van der Waals surface area contributed by atoms with Gasteiger partial charge in [-0.25, -0.2) is 8.42 Å². The van der Waals surface area contributed by atoms with Crippen molar-refractivity contribution in [2.24, 2.45) is 0 Å². The van der Waals surface area contributed by atoms with Crippen molar-refractivity contribution in [3.8, 4) is 0 Å². The SMILES string of the molecule is CCC(C)c1ccc(S(=O)(=O)Nc2cc(C)ccc2C)cc1. The Balaban J connectivity index is 2.28. The predicted molar refractivity (Wildman–Crippen MR) is 91.9 cm³/mol. The van der Waals surface area contributed by atoms with Gasteiger partial charge in [0.15, 0.2) is 0 Å². The fraction of sp³-hybridized carbons (Fsp3) is 0.333. The van der Waals surface area contributed by atoms with Gasteiger partial charge in [0.2, 0.25) is 0 Å². The molecule has 0 aliphatic carbocycles. The van der Waals surface area contributed by atoms with Crippen molar-refractivity contribution in [3.05, 3.63) is 59.2 Å². The van der Waals surface area contributed by atoms with Gasteiger partial charge in [-0.2, -0.15) is 0 Å². The molecule has 0 bridgehead atoms. The minimum atomic E-state index is -3.55. The summed E-state index contributed by atoms with van der Waals surface area (Å²) in [6.45, 7) is 8.09. The second kappa shape index (κ2) is 6.53. The first-order valence-corrected chi connectivity index (χ1v) is 9.02. The summed E-state index contributed by atoms with van der Waals surface area (Å²) in [6, 6.07) is 12.9. The summed E-state index contributed by atoms with van der Waals surface area (Å²) in [5.41, 5.74) is 3.72. The molecule has 0 aliphatic rings. The number of rotatable bonds is 5. The first kappa shape index (κ1) is 16.6. The minimum absolute atomic E-state index is 0.292. The summed E-state index contributed by atoms with van der Waals surface area (Å²) in [5.74, 6) is 0.434. The molecular weight excluding hydrogens is 294 g/mol. The summed E-state index contributed by atoms with van der Waals surface area (Å²) >= 11 is 0. The van der Waals surface area contributed by atoms with Gasteiger partial charge < -0.3 is 0 Å². The minimum Gasteiger partial charge on any atom is -0.279 e. The molecule has 0 aliphatic heterocycles. The highest BCUT2D eigenvalue weighted by Gasteiger charge is 2.15. The molecule has 0 heterocycles. The highest BCUT2D eigenvalue weighted by Crippen LogP contribution is 2.23. The molecule has 0 amide bonds. The van der Waals surface area contributed by atoms with Gasteiger partial charge in [0, 0.05) is 0 Å². The van der Waals surface area contributed by atoms with Crippen molar-refractivity contribution in [2.45, 2.75) is 44.9 Å². The Morgan fingerprint density at radius 2 is 1.68 bits per heavy atom. The molecule has 1 N–H and O–H groups in total. The molecule has 3 nitrogen and oxygen atoms in total. The maximum absolute atomic E-state index is 12.5. The Morgan fingerprint density at radius 3 is 2.27 bits per heavy atom. The van der Waals surface area contributed by atoms with E-state index in [1.165, 1.54) is 0 Å². The van der Waals surface area contributed by atoms with Crippen molar-refractivity contribution < 1.29 is 8.42 Å². The average Bonchev–Trinajstić information content (AvgIpc) is 2.50. The standard InChI is InChI=1S/C18H23NO2S/c1-5-14(3)16-8-10-17(11-9-16)22(20,21)19-18-12-13(2)6-7-15(18)4/h6-12,14,19H,5H2,1-4H3. The second-order valence-corrected chi connectivity index (χ2v) is 7.48. The van der Waals surface area contributed by atoms with E-state index in [-0.39, 0.29) is 0 Å². The van der Waals surface area contributed by atoms with Crippen molar-refractivity contribution in [2.75, 3.05) is 4.72 Å². The highest BCUT2D eigenvalue weighted by molar-refractivity contribution is 7.92. The van der Waals surface area contributed by atoms with E-state index in [1.54, 1.807) is 12.1 Å². The van der Waals surface area contributed by atoms with Crippen LogP contribution >= 0.6 is 0 Å². The molecule has 2 rings (SSSR count). The lowest BCUT2D eigenvalue weighted by Gasteiger charge is -2.13. The third-order valence-corrected chi connectivity index (χ3v) is 5.39. The smallest absolute Gasteiger partial charge is 0.261 e. The molecule has 0 fully saturated rings. The summed E-state index contributed by atoms with van der Waals surface area (Å²) in [6.07, 6.45) is 1.03. The third-order valence-electron chi connectivity index (χ3n) is 4.01. The number of sulfonamides is 1. The quantitative estimate of drug-likeness (QED) is 0.874. The second-order valence-electron chi connectivity index (χ2n) is 5.80. The molecule has 0 spiro atoms. The Bertz CT molecular complexity index is 749. The van der Waals surface area contributed by atoms with Crippen LogP contribution in [0.2, 0.25) is 0 Å². The first-order valence-electron chi connectivity index (χ1n) is 7.53. The third kappa shape index (κ3) is 3.69. The highest BCUT2D eigenvalue weighted by atomic mass is 32.2. The Morgan fingerprint density at radius 1 is 1.05 bits per heavy atom. The molecule has 1 atom stereocenters. The van der Waals surface area contributed by atoms with Gasteiger partial charge in [-0.3, -0.25) is 4.72 Å². The van der Waals surface area contributed by atoms with Crippen LogP contribution in [0.5, 0.6) is 0 Å². The van der Waals surface area contributed by atoms with E-state index in [1.807, 2.05) is 44.2 Å². The van der Waals surface area contributed by atoms with Crippen LogP contribution in [0.3, 0.4) is 0 Å². The van der Waals surface area contributed by atoms with E-state index in [4.69, 9.17) is 0 Å². The molecule has 4 heteroatoms. The zero-order chi connectivity index (χ0) is 16.3. The topological polar surface area (TPSA) is 46.2 Å². The average molecular weight is 317 g/mol. The van der Waals surface area contributed by atoms with E-state index in [0.29, 0.717) is 16.5 Å². The van der Waals surface area contributed by atoms with Gasteiger partial charge in [0.05, 0.1) is 10.6 Å². The zero-order valence-electron chi connectivity index (χ0n) is 13.6. The molecule has 2 aromatic carbocycles. The van der Waals surface area contributed by atoms with E-state index >= 15 is 0 Å². The summed E-state index contributed by atoms with van der Waals surface area (Å²) < 4.78 is 27.7. The number of aryl methyl sites for hydroxylation is 2. The fourth-order valence-corrected chi connectivity index (χ4v) is 3.38. The van der Waals surface area contributed by atoms with Crippen molar-refractivity contribution in [1.82, 2.24) is 0 Å². The Labute approximate surface area is 133 Å². The van der Waals surface area contributed by atoms with Crippen LogP contribution in [0.1, 0.15) is 42.9 Å². The van der Waals surface area contributed by atoms with Gasteiger partial charge in [-0.1, -0.05) is 38.1 Å². The summed E-state index contributed by atoms with van der Waals surface area (Å²) in [4.78, 5) is 0.292. The molecule has 0 saturated carbocycles. The van der Waals surface area contributed by atoms with Crippen LogP contribution in [0, 0.1) is 13.8 Å². The predicted octanol–water partition coefficient (Wildman–Crippen LogP) is 4.62. The van der Waals surface area contributed by atoms with Gasteiger partial charge in [-0.15, -0.1) is 0 Å². The van der Waals surface area contributed by atoms with E-state index < -0.39 is 10.0 Å². The van der Waals surface area contributed by atoms with E-state index in [0.717, 1.165) is 23.1 Å². The number of hydrogen-bond donors (Lipinski definition) is 1. The molecule has 0 saturated heterocycles. The van der Waals surface area contributed by atoms with Crippen molar-refractivity contribution in [1.29, 1.82) is 0 Å². The zero-order valence-corrected chi connectivity index (χ0v) is 14.4. The van der Waals surface area contributed by atoms with Gasteiger partial charge in [0.25, 0.3) is 10.0 Å². The fourth-order valence-electron chi connectivity index (χ4n) is 2.26. The molecular formula is C18H23NO2S. The van der Waals surface area contributed by atoms with Crippen LogP contribution in [0.15, 0.2) is 47.4 Å². The number of anilines is 1. The Kier molecular flexibility index (Phi) is 4.91. The lowest BCUT2D eigenvalue weighted by atomic mass is 9.99. The number of benzene rings is 2. The maximum atomic E-state index is 12.5. The lowest BCUT2D eigenvalue weighted by Crippen LogP contribution is -2.14. The molecule has 22 heavy (non-hydrogen) atoms. The molecule has 0 aromatic heterocycles. The maximum Gasteiger partial charge on any atom is 0.261 e. The van der Waals surface area contributed by atoms with Gasteiger partial charge >= 0.3 is 0 Å². The van der Waals surface area contributed by atoms with Gasteiger partial charge in [-0.05, 0) is 61.1 Å². The first-order chi connectivity index (χ1) is 10.3. The van der Waals surface area contributed by atoms with E-state index in [2.05, 4.69) is 18.6 Å². The van der Waals surface area contributed by atoms with Crippen LogP contribution in [0.25, 0.3) is 0 Å². The summed E-state index contributed by atoms with van der Waals surface area (Å²) in [5, 5.41) is 0. The van der Waals surface area contributed by atoms with Crippen LogP contribution < -0.4 is 4.72 Å². The normalized spacial score (nSPS) is 12.9. The Hall–Kier alpha value is -1.81. The molecule has 118 valence electrons. The van der Waals surface area contributed by atoms with Gasteiger partial charge in [0.1, 0.15) is 0 Å². The van der Waals surface area contributed by atoms with Crippen LogP contribution in [0.4, 0.5) is 5.69 Å². The summed E-state index contributed by atoms with van der Waals surface area (Å²) in [7, 11) is -3.55. The number of hydrogen-bond acceptors (Lipinski definition) is 2.